The van der Waals surface area contributed by atoms with E-state index in [1.165, 1.54) is 18.2 Å². The van der Waals surface area contributed by atoms with Crippen LogP contribution in [-0.2, 0) is 0 Å². The Morgan fingerprint density at radius 2 is 1.59 bits per heavy atom. The zero-order valence-corrected chi connectivity index (χ0v) is 16.1. The van der Waals surface area contributed by atoms with Crippen LogP contribution in [0.25, 0.3) is 0 Å². The van der Waals surface area contributed by atoms with Gasteiger partial charge in [0.25, 0.3) is 17.5 Å². The van der Waals surface area contributed by atoms with Gasteiger partial charge in [0.2, 0.25) is 0 Å². The number of para-hydroxylation sites is 1. The van der Waals surface area contributed by atoms with Crippen LogP contribution in [0, 0.1) is 24.0 Å². The van der Waals surface area contributed by atoms with Crippen molar-refractivity contribution in [2.75, 3.05) is 0 Å². The Hall–Kier alpha value is -3.22. The Labute approximate surface area is 158 Å². The number of rotatable bonds is 3. The quantitative estimate of drug-likeness (QED) is 0.658. The lowest BCUT2D eigenvalue weighted by Crippen LogP contribution is -2.56. The molecule has 0 bridgehead atoms. The topological polar surface area (TPSA) is 92.6 Å². The first-order valence-electron chi connectivity index (χ1n) is 8.49. The molecule has 2 aromatic carbocycles. The summed E-state index contributed by atoms with van der Waals surface area (Å²) in [7, 11) is 0. The number of carbonyl (C=O) groups excluding carboxylic acids is 2. The Balaban J connectivity index is 2.43. The summed E-state index contributed by atoms with van der Waals surface area (Å²) < 4.78 is 0. The molecule has 142 valence electrons. The van der Waals surface area contributed by atoms with Crippen LogP contribution in [0.2, 0.25) is 0 Å². The van der Waals surface area contributed by atoms with Crippen molar-refractivity contribution < 1.29 is 14.5 Å². The summed E-state index contributed by atoms with van der Waals surface area (Å²) in [5.41, 5.74) is 3.64. The molecule has 0 spiro atoms. The Bertz CT molecular complexity index is 900. The summed E-state index contributed by atoms with van der Waals surface area (Å²) in [6, 6.07) is 11.0. The predicted molar refractivity (Wildman–Crippen MR) is 102 cm³/mol. The van der Waals surface area contributed by atoms with Gasteiger partial charge in [-0.15, -0.1) is 0 Å². The van der Waals surface area contributed by atoms with Crippen molar-refractivity contribution >= 4 is 17.5 Å². The summed E-state index contributed by atoms with van der Waals surface area (Å²) >= 11 is 0. The Morgan fingerprint density at radius 3 is 2.19 bits per heavy atom. The first-order chi connectivity index (χ1) is 12.5. The molecule has 2 aromatic rings. The van der Waals surface area contributed by atoms with Gasteiger partial charge in [-0.1, -0.05) is 24.3 Å². The van der Waals surface area contributed by atoms with Crippen LogP contribution in [0.1, 0.15) is 52.6 Å². The first kappa shape index (κ1) is 20.1. The molecule has 27 heavy (non-hydrogen) atoms. The van der Waals surface area contributed by atoms with E-state index in [1.807, 2.05) is 19.9 Å². The zero-order chi connectivity index (χ0) is 20.4. The molecule has 0 saturated heterocycles. The van der Waals surface area contributed by atoms with Crippen LogP contribution in [0.3, 0.4) is 0 Å². The van der Waals surface area contributed by atoms with Crippen molar-refractivity contribution in [2.24, 2.45) is 0 Å². The number of aryl methyl sites for hydroxylation is 1. The number of benzene rings is 2. The van der Waals surface area contributed by atoms with E-state index in [4.69, 9.17) is 0 Å². The number of amides is 2. The molecule has 7 heteroatoms. The molecule has 2 rings (SSSR count). The molecule has 0 unspecified atom stereocenters. The summed E-state index contributed by atoms with van der Waals surface area (Å²) in [5, 5.41) is 12.4. The van der Waals surface area contributed by atoms with Gasteiger partial charge in [0.1, 0.15) is 5.56 Å². The van der Waals surface area contributed by atoms with E-state index in [-0.39, 0.29) is 11.3 Å². The molecular formula is C20H23N3O4. The van der Waals surface area contributed by atoms with Gasteiger partial charge in [-0.25, -0.2) is 5.01 Å². The molecule has 0 fully saturated rings. The number of hydrogen-bond donors (Lipinski definition) is 1. The number of hydrazine groups is 1. The van der Waals surface area contributed by atoms with Crippen molar-refractivity contribution in [3.63, 3.8) is 0 Å². The second-order valence-electron chi connectivity index (χ2n) is 7.27. The lowest BCUT2D eigenvalue weighted by Gasteiger charge is -2.35. The average molecular weight is 369 g/mol. The number of nitrogens with zero attached hydrogens (tertiary/aromatic N) is 2. The number of nitro benzene ring substituents is 1. The molecule has 0 aromatic heterocycles. The van der Waals surface area contributed by atoms with Crippen LogP contribution in [-0.4, -0.2) is 27.3 Å². The van der Waals surface area contributed by atoms with Crippen molar-refractivity contribution in [3.05, 3.63) is 74.8 Å². The number of hydrogen-bond acceptors (Lipinski definition) is 4. The minimum atomic E-state index is -0.797. The van der Waals surface area contributed by atoms with E-state index in [0.717, 1.165) is 16.1 Å². The molecule has 0 aliphatic rings. The van der Waals surface area contributed by atoms with Crippen LogP contribution < -0.4 is 5.43 Å². The minimum absolute atomic E-state index is 0.0845. The highest BCUT2D eigenvalue weighted by molar-refractivity contribution is 6.02. The summed E-state index contributed by atoms with van der Waals surface area (Å²) in [5.74, 6) is -1.09. The molecule has 0 heterocycles. The third-order valence-electron chi connectivity index (χ3n) is 4.27. The number of carbonyl (C=O) groups is 2. The molecule has 0 aliphatic heterocycles. The van der Waals surface area contributed by atoms with Crippen molar-refractivity contribution in [1.82, 2.24) is 10.4 Å². The predicted octanol–water partition coefficient (Wildman–Crippen LogP) is 3.80. The van der Waals surface area contributed by atoms with Gasteiger partial charge >= 0.3 is 0 Å². The lowest BCUT2D eigenvalue weighted by atomic mass is 10.0. The van der Waals surface area contributed by atoms with E-state index in [2.05, 4.69) is 5.43 Å². The molecule has 0 aliphatic carbocycles. The highest BCUT2D eigenvalue weighted by atomic mass is 16.6. The first-order valence-corrected chi connectivity index (χ1v) is 8.49. The van der Waals surface area contributed by atoms with E-state index < -0.39 is 22.3 Å². The number of nitrogens with one attached hydrogen (secondary N) is 1. The molecular weight excluding hydrogens is 346 g/mol. The second kappa shape index (κ2) is 7.57. The normalized spacial score (nSPS) is 11.0. The lowest BCUT2D eigenvalue weighted by molar-refractivity contribution is -0.385. The van der Waals surface area contributed by atoms with E-state index >= 15 is 0 Å². The standard InChI is InChI=1S/C20H23N3O4/c1-13-9-8-11-15(14(13)2)18(24)21-22(20(3,4)5)19(25)16-10-6-7-12-17(16)23(26)27/h6-12H,1-5H3,(H,21,24). The number of nitro groups is 1. The second-order valence-corrected chi connectivity index (χ2v) is 7.27. The minimum Gasteiger partial charge on any atom is -0.267 e. The zero-order valence-electron chi connectivity index (χ0n) is 16.1. The maximum atomic E-state index is 13.0. The third kappa shape index (κ3) is 4.31. The Kier molecular flexibility index (Phi) is 5.64. The molecule has 0 saturated carbocycles. The van der Waals surface area contributed by atoms with Gasteiger partial charge in [-0.2, -0.15) is 0 Å². The summed E-state index contributed by atoms with van der Waals surface area (Å²) in [6.45, 7) is 8.94. The SMILES string of the molecule is Cc1cccc(C(=O)NN(C(=O)c2ccccc2[N+](=O)[O-])C(C)(C)C)c1C. The molecule has 0 radical (unpaired) electrons. The van der Waals surface area contributed by atoms with Gasteiger partial charge in [-0.3, -0.25) is 25.1 Å². The van der Waals surface area contributed by atoms with Crippen molar-refractivity contribution in [3.8, 4) is 0 Å². The maximum absolute atomic E-state index is 13.0. The van der Waals surface area contributed by atoms with E-state index in [0.29, 0.717) is 5.56 Å². The fourth-order valence-electron chi connectivity index (χ4n) is 2.62. The fraction of sp³-hybridized carbons (Fsp3) is 0.300. The highest BCUT2D eigenvalue weighted by Gasteiger charge is 2.33. The largest absolute Gasteiger partial charge is 0.282 e. The summed E-state index contributed by atoms with van der Waals surface area (Å²) in [6.07, 6.45) is 0. The van der Waals surface area contributed by atoms with Gasteiger partial charge in [0, 0.05) is 11.6 Å². The molecule has 7 nitrogen and oxygen atoms in total. The molecule has 2 amide bonds. The highest BCUT2D eigenvalue weighted by Crippen LogP contribution is 2.23. The van der Waals surface area contributed by atoms with E-state index in [9.17, 15) is 19.7 Å². The van der Waals surface area contributed by atoms with Gasteiger partial charge in [0.15, 0.2) is 0 Å². The average Bonchev–Trinajstić information content (AvgIpc) is 2.60. The molecule has 0 atom stereocenters. The monoisotopic (exact) mass is 369 g/mol. The van der Waals surface area contributed by atoms with Crippen LogP contribution in [0.15, 0.2) is 42.5 Å². The smallest absolute Gasteiger partial charge is 0.267 e. The summed E-state index contributed by atoms with van der Waals surface area (Å²) in [4.78, 5) is 36.5. The van der Waals surface area contributed by atoms with Crippen LogP contribution in [0.5, 0.6) is 0 Å². The van der Waals surface area contributed by atoms with E-state index in [1.54, 1.807) is 39.0 Å². The van der Waals surface area contributed by atoms with Crippen molar-refractivity contribution in [2.45, 2.75) is 40.2 Å². The molecule has 1 N–H and O–H groups in total. The van der Waals surface area contributed by atoms with Gasteiger partial charge < -0.3 is 0 Å². The fourth-order valence-corrected chi connectivity index (χ4v) is 2.62. The van der Waals surface area contributed by atoms with Crippen LogP contribution in [0.4, 0.5) is 5.69 Å². The van der Waals surface area contributed by atoms with Gasteiger partial charge in [0.05, 0.1) is 10.5 Å². The van der Waals surface area contributed by atoms with Gasteiger partial charge in [-0.05, 0) is 57.9 Å². The maximum Gasteiger partial charge on any atom is 0.282 e. The Morgan fingerprint density at radius 1 is 1.00 bits per heavy atom. The third-order valence-corrected chi connectivity index (χ3v) is 4.27. The van der Waals surface area contributed by atoms with Crippen LogP contribution >= 0.6 is 0 Å². The van der Waals surface area contributed by atoms with Crippen molar-refractivity contribution in [1.29, 1.82) is 0 Å².